The van der Waals surface area contributed by atoms with Gasteiger partial charge in [0.1, 0.15) is 0 Å². The number of aryl methyl sites for hydroxylation is 1. The van der Waals surface area contributed by atoms with Crippen molar-refractivity contribution in [2.75, 3.05) is 0 Å². The number of nitrogens with zero attached hydrogens (tertiary/aromatic N) is 3. The molecule has 5 nitrogen and oxygen atoms in total. The molecule has 5 heteroatoms. The Bertz CT molecular complexity index is 800. The van der Waals surface area contributed by atoms with Gasteiger partial charge in [-0.05, 0) is 42.5 Å². The lowest BCUT2D eigenvalue weighted by Gasteiger charge is -2.05. The Balaban J connectivity index is 1.71. The molecule has 1 amide bonds. The molecule has 0 unspecified atom stereocenters. The van der Waals surface area contributed by atoms with E-state index in [0.717, 1.165) is 11.4 Å². The van der Waals surface area contributed by atoms with Crippen LogP contribution in [-0.2, 0) is 7.05 Å². The molecule has 3 rings (SSSR count). The van der Waals surface area contributed by atoms with Crippen molar-refractivity contribution < 1.29 is 4.79 Å². The van der Waals surface area contributed by atoms with Crippen molar-refractivity contribution in [3.05, 3.63) is 78.4 Å². The average molecular weight is 292 g/mol. The molecule has 0 fully saturated rings. The van der Waals surface area contributed by atoms with Gasteiger partial charge in [-0.1, -0.05) is 6.07 Å². The van der Waals surface area contributed by atoms with E-state index in [1.54, 1.807) is 12.3 Å². The monoisotopic (exact) mass is 292 g/mol. The van der Waals surface area contributed by atoms with Crippen LogP contribution in [0.15, 0.2) is 72.2 Å². The Morgan fingerprint density at radius 1 is 1.09 bits per heavy atom. The quantitative estimate of drug-likeness (QED) is 0.583. The fraction of sp³-hybridized carbons (Fsp3) is 0.0588. The second-order valence-corrected chi connectivity index (χ2v) is 4.88. The first-order valence-corrected chi connectivity index (χ1v) is 6.92. The third-order valence-electron chi connectivity index (χ3n) is 3.36. The van der Waals surface area contributed by atoms with E-state index in [1.807, 2.05) is 77.2 Å². The standard InChI is InChI=1S/C17H16N4O/c1-20-9-5-8-16(20)13-18-19-17(22)14-6-4-7-15(12-14)21-10-2-3-11-21/h2-13H,1H3,(H,19,22)/b18-13+. The Labute approximate surface area is 128 Å². The van der Waals surface area contributed by atoms with Crippen molar-refractivity contribution in [1.82, 2.24) is 14.6 Å². The number of carbonyl (C=O) groups excluding carboxylic acids is 1. The molecule has 0 aliphatic rings. The van der Waals surface area contributed by atoms with Crippen LogP contribution in [0.3, 0.4) is 0 Å². The molecule has 3 aromatic rings. The molecule has 0 saturated carbocycles. The number of rotatable bonds is 4. The molecule has 22 heavy (non-hydrogen) atoms. The molecule has 1 N–H and O–H groups in total. The summed E-state index contributed by atoms with van der Waals surface area (Å²) < 4.78 is 3.87. The van der Waals surface area contributed by atoms with Gasteiger partial charge < -0.3 is 9.13 Å². The van der Waals surface area contributed by atoms with Crippen LogP contribution in [0, 0.1) is 0 Å². The van der Waals surface area contributed by atoms with E-state index in [1.165, 1.54) is 0 Å². The topological polar surface area (TPSA) is 51.3 Å². The Hall–Kier alpha value is -3.08. The maximum atomic E-state index is 12.1. The van der Waals surface area contributed by atoms with Gasteiger partial charge in [-0.3, -0.25) is 4.79 Å². The summed E-state index contributed by atoms with van der Waals surface area (Å²) in [6.07, 6.45) is 7.41. The van der Waals surface area contributed by atoms with Crippen molar-refractivity contribution >= 4 is 12.1 Å². The number of carbonyl (C=O) groups is 1. The zero-order valence-electron chi connectivity index (χ0n) is 12.2. The second kappa shape index (κ2) is 6.13. The summed E-state index contributed by atoms with van der Waals surface area (Å²) in [4.78, 5) is 12.1. The summed E-state index contributed by atoms with van der Waals surface area (Å²) in [5.41, 5.74) is 4.96. The Morgan fingerprint density at radius 2 is 1.91 bits per heavy atom. The highest BCUT2D eigenvalue weighted by Crippen LogP contribution is 2.10. The van der Waals surface area contributed by atoms with Gasteiger partial charge in [-0.15, -0.1) is 0 Å². The molecule has 2 aromatic heterocycles. The number of hydrogen-bond donors (Lipinski definition) is 1. The van der Waals surface area contributed by atoms with Gasteiger partial charge in [0.05, 0.1) is 11.9 Å². The van der Waals surface area contributed by atoms with Crippen LogP contribution in [-0.4, -0.2) is 21.3 Å². The molecule has 2 heterocycles. The summed E-state index contributed by atoms with van der Waals surface area (Å²) in [5, 5.41) is 3.99. The molecule has 0 aliphatic carbocycles. The number of hydrogen-bond acceptors (Lipinski definition) is 2. The van der Waals surface area contributed by atoms with E-state index in [2.05, 4.69) is 10.5 Å². The Kier molecular flexibility index (Phi) is 3.87. The largest absolute Gasteiger partial charge is 0.350 e. The molecule has 110 valence electrons. The minimum absolute atomic E-state index is 0.237. The summed E-state index contributed by atoms with van der Waals surface area (Å²) in [6.45, 7) is 0. The predicted molar refractivity (Wildman–Crippen MR) is 86.2 cm³/mol. The van der Waals surface area contributed by atoms with Gasteiger partial charge in [0, 0.05) is 36.9 Å². The van der Waals surface area contributed by atoms with Crippen LogP contribution in [0.2, 0.25) is 0 Å². The molecule has 0 radical (unpaired) electrons. The van der Waals surface area contributed by atoms with E-state index >= 15 is 0 Å². The zero-order valence-corrected chi connectivity index (χ0v) is 12.2. The van der Waals surface area contributed by atoms with Gasteiger partial charge in [0.15, 0.2) is 0 Å². The van der Waals surface area contributed by atoms with Gasteiger partial charge >= 0.3 is 0 Å². The first-order chi connectivity index (χ1) is 10.7. The van der Waals surface area contributed by atoms with Crippen LogP contribution < -0.4 is 5.43 Å². The van der Waals surface area contributed by atoms with Crippen molar-refractivity contribution in [3.8, 4) is 5.69 Å². The number of aromatic nitrogens is 2. The first-order valence-electron chi connectivity index (χ1n) is 6.92. The molecular formula is C17H16N4O. The number of hydrazone groups is 1. The first kappa shape index (κ1) is 13.9. The fourth-order valence-corrected chi connectivity index (χ4v) is 2.14. The van der Waals surface area contributed by atoms with Gasteiger partial charge in [0.25, 0.3) is 5.91 Å². The predicted octanol–water partition coefficient (Wildman–Crippen LogP) is 2.58. The lowest BCUT2D eigenvalue weighted by Crippen LogP contribution is -2.18. The smallest absolute Gasteiger partial charge is 0.271 e. The van der Waals surface area contributed by atoms with Crippen LogP contribution in [0.4, 0.5) is 0 Å². The van der Waals surface area contributed by atoms with Crippen molar-refractivity contribution in [1.29, 1.82) is 0 Å². The van der Waals surface area contributed by atoms with E-state index in [-0.39, 0.29) is 5.91 Å². The van der Waals surface area contributed by atoms with Gasteiger partial charge in [0.2, 0.25) is 0 Å². The third kappa shape index (κ3) is 2.98. The van der Waals surface area contributed by atoms with E-state index in [9.17, 15) is 4.79 Å². The van der Waals surface area contributed by atoms with Crippen LogP contribution in [0.5, 0.6) is 0 Å². The van der Waals surface area contributed by atoms with Crippen molar-refractivity contribution in [2.45, 2.75) is 0 Å². The molecule has 0 aliphatic heterocycles. The summed E-state index contributed by atoms with van der Waals surface area (Å²) in [6, 6.07) is 15.1. The summed E-state index contributed by atoms with van der Waals surface area (Å²) in [7, 11) is 1.92. The van der Waals surface area contributed by atoms with Crippen LogP contribution >= 0.6 is 0 Å². The van der Waals surface area contributed by atoms with Gasteiger partial charge in [-0.25, -0.2) is 5.43 Å². The maximum Gasteiger partial charge on any atom is 0.271 e. The van der Waals surface area contributed by atoms with E-state index in [4.69, 9.17) is 0 Å². The minimum Gasteiger partial charge on any atom is -0.350 e. The average Bonchev–Trinajstić information content (AvgIpc) is 3.20. The van der Waals surface area contributed by atoms with E-state index in [0.29, 0.717) is 5.56 Å². The van der Waals surface area contributed by atoms with Crippen molar-refractivity contribution in [3.63, 3.8) is 0 Å². The van der Waals surface area contributed by atoms with Gasteiger partial charge in [-0.2, -0.15) is 5.10 Å². The van der Waals surface area contributed by atoms with E-state index < -0.39 is 0 Å². The van der Waals surface area contributed by atoms with Crippen LogP contribution in [0.25, 0.3) is 5.69 Å². The SMILES string of the molecule is Cn1cccc1/C=N/NC(=O)c1cccc(-n2cccc2)c1. The summed E-state index contributed by atoms with van der Waals surface area (Å²) >= 11 is 0. The molecule has 0 bridgehead atoms. The van der Waals surface area contributed by atoms with Crippen LogP contribution in [0.1, 0.15) is 16.1 Å². The second-order valence-electron chi connectivity index (χ2n) is 4.88. The zero-order chi connectivity index (χ0) is 15.4. The number of nitrogens with one attached hydrogen (secondary N) is 1. The lowest BCUT2D eigenvalue weighted by atomic mass is 10.2. The normalized spacial score (nSPS) is 11.0. The molecule has 0 saturated heterocycles. The molecule has 1 aromatic carbocycles. The Morgan fingerprint density at radius 3 is 2.64 bits per heavy atom. The van der Waals surface area contributed by atoms with Crippen molar-refractivity contribution in [2.24, 2.45) is 12.1 Å². The maximum absolute atomic E-state index is 12.1. The highest BCUT2D eigenvalue weighted by molar-refractivity contribution is 5.95. The highest BCUT2D eigenvalue weighted by Gasteiger charge is 2.05. The lowest BCUT2D eigenvalue weighted by molar-refractivity contribution is 0.0955. The molecule has 0 atom stereocenters. The highest BCUT2D eigenvalue weighted by atomic mass is 16.2. The molecule has 0 spiro atoms. The number of benzene rings is 1. The minimum atomic E-state index is -0.237. The molecular weight excluding hydrogens is 276 g/mol. The fourth-order valence-electron chi connectivity index (χ4n) is 2.14. The number of amides is 1. The summed E-state index contributed by atoms with van der Waals surface area (Å²) in [5.74, 6) is -0.237. The third-order valence-corrected chi connectivity index (χ3v) is 3.36.